The molecule has 7 nitrogen and oxygen atoms in total. The molecule has 2 aromatic heterocycles. The minimum absolute atomic E-state index is 0.0753. The van der Waals surface area contributed by atoms with Crippen molar-refractivity contribution in [3.8, 4) is 5.88 Å². The Hall–Kier alpha value is -2.70. The molecule has 1 unspecified atom stereocenters. The van der Waals surface area contributed by atoms with Gasteiger partial charge in [-0.15, -0.1) is 0 Å². The first-order valence-electron chi connectivity index (χ1n) is 8.52. The molecule has 1 amide bonds. The fraction of sp³-hybridized carbons (Fsp3) is 0.444. The number of pyridine rings is 1. The van der Waals surface area contributed by atoms with E-state index in [1.165, 1.54) is 6.33 Å². The van der Waals surface area contributed by atoms with Gasteiger partial charge in [-0.3, -0.25) is 9.78 Å². The van der Waals surface area contributed by atoms with Crippen LogP contribution in [0.1, 0.15) is 30.7 Å². The van der Waals surface area contributed by atoms with Crippen LogP contribution in [0.5, 0.6) is 5.88 Å². The zero-order valence-electron chi connectivity index (χ0n) is 14.2. The van der Waals surface area contributed by atoms with Crippen molar-refractivity contribution in [1.29, 1.82) is 0 Å². The minimum atomic E-state index is -0.112. The zero-order valence-corrected chi connectivity index (χ0v) is 14.2. The lowest BCUT2D eigenvalue weighted by Crippen LogP contribution is -2.51. The van der Waals surface area contributed by atoms with E-state index in [4.69, 9.17) is 4.74 Å². The van der Waals surface area contributed by atoms with Crippen LogP contribution in [0.15, 0.2) is 36.9 Å². The number of amides is 1. The number of carbonyl (C=O) groups is 1. The van der Waals surface area contributed by atoms with Crippen molar-refractivity contribution in [2.45, 2.75) is 30.7 Å². The second-order valence-corrected chi connectivity index (χ2v) is 6.71. The van der Waals surface area contributed by atoms with Gasteiger partial charge in [0, 0.05) is 37.1 Å². The van der Waals surface area contributed by atoms with Crippen LogP contribution in [0.4, 0.5) is 5.82 Å². The topological polar surface area (TPSA) is 80.2 Å². The smallest absolute Gasteiger partial charge is 0.228 e. The maximum atomic E-state index is 12.5. The number of anilines is 1. The Labute approximate surface area is 146 Å². The third-order valence-corrected chi connectivity index (χ3v) is 5.29. The van der Waals surface area contributed by atoms with Gasteiger partial charge in [0.1, 0.15) is 12.1 Å². The first-order chi connectivity index (χ1) is 12.2. The van der Waals surface area contributed by atoms with Crippen LogP contribution in [0.25, 0.3) is 0 Å². The summed E-state index contributed by atoms with van der Waals surface area (Å²) in [5.74, 6) is 1.49. The normalized spacial score (nSPS) is 22.0. The highest BCUT2D eigenvalue weighted by molar-refractivity contribution is 5.87. The summed E-state index contributed by atoms with van der Waals surface area (Å²) in [7, 11) is 1.60. The van der Waals surface area contributed by atoms with Crippen LogP contribution in [0.3, 0.4) is 0 Å². The Balaban J connectivity index is 1.45. The summed E-state index contributed by atoms with van der Waals surface area (Å²) in [5.41, 5.74) is 0.936. The quantitative estimate of drug-likeness (QED) is 0.913. The van der Waals surface area contributed by atoms with E-state index in [2.05, 4.69) is 25.2 Å². The van der Waals surface area contributed by atoms with Gasteiger partial charge in [0.25, 0.3) is 0 Å². The molecule has 7 heteroatoms. The number of aromatic nitrogens is 3. The first kappa shape index (κ1) is 15.8. The van der Waals surface area contributed by atoms with Crippen molar-refractivity contribution in [2.24, 2.45) is 0 Å². The van der Waals surface area contributed by atoms with Crippen LogP contribution >= 0.6 is 0 Å². The molecule has 2 aliphatic rings. The van der Waals surface area contributed by atoms with Crippen molar-refractivity contribution in [3.05, 3.63) is 42.5 Å². The van der Waals surface area contributed by atoms with E-state index in [1.807, 2.05) is 18.2 Å². The summed E-state index contributed by atoms with van der Waals surface area (Å²) in [6.45, 7) is 1.70. The largest absolute Gasteiger partial charge is 0.481 e. The predicted octanol–water partition coefficient (Wildman–Crippen LogP) is 1.52. The molecule has 0 radical (unpaired) electrons. The third kappa shape index (κ3) is 3.01. The molecule has 1 N–H and O–H groups in total. The maximum absolute atomic E-state index is 12.5. The van der Waals surface area contributed by atoms with Crippen molar-refractivity contribution >= 4 is 11.7 Å². The van der Waals surface area contributed by atoms with Crippen LogP contribution in [0, 0.1) is 0 Å². The average molecular weight is 339 g/mol. The SMILES string of the molecule is COc1cc(N2CCC3(CC2)CC(c2ccncc2)C(=O)N3)ncn1. The molecule has 1 atom stereocenters. The van der Waals surface area contributed by atoms with Crippen LogP contribution in [0.2, 0.25) is 0 Å². The lowest BCUT2D eigenvalue weighted by Gasteiger charge is -2.39. The van der Waals surface area contributed by atoms with Crippen LogP contribution in [-0.4, -0.2) is 46.6 Å². The average Bonchev–Trinajstić information content (AvgIpc) is 2.99. The molecule has 4 rings (SSSR count). The van der Waals surface area contributed by atoms with Crippen molar-refractivity contribution in [3.63, 3.8) is 0 Å². The predicted molar refractivity (Wildman–Crippen MR) is 92.5 cm³/mol. The molecule has 0 aliphatic carbocycles. The van der Waals surface area contributed by atoms with E-state index in [0.29, 0.717) is 5.88 Å². The van der Waals surface area contributed by atoms with Crippen LogP contribution in [-0.2, 0) is 4.79 Å². The summed E-state index contributed by atoms with van der Waals surface area (Å²) in [6.07, 6.45) is 7.68. The molecule has 130 valence electrons. The molecule has 2 saturated heterocycles. The Morgan fingerprint density at radius 3 is 2.72 bits per heavy atom. The summed E-state index contributed by atoms with van der Waals surface area (Å²) >= 11 is 0. The molecule has 25 heavy (non-hydrogen) atoms. The summed E-state index contributed by atoms with van der Waals surface area (Å²) in [6, 6.07) is 5.72. The van der Waals surface area contributed by atoms with E-state index >= 15 is 0 Å². The molecular formula is C18H21N5O2. The Bertz CT molecular complexity index is 759. The monoisotopic (exact) mass is 339 g/mol. The number of nitrogens with one attached hydrogen (secondary N) is 1. The fourth-order valence-corrected chi connectivity index (χ4v) is 3.86. The molecule has 0 bridgehead atoms. The van der Waals surface area contributed by atoms with E-state index in [9.17, 15) is 4.79 Å². The van der Waals surface area contributed by atoms with Crippen molar-refractivity contribution in [1.82, 2.24) is 20.3 Å². The lowest BCUT2D eigenvalue weighted by molar-refractivity contribution is -0.121. The molecule has 0 saturated carbocycles. The second kappa shape index (κ2) is 6.31. The van der Waals surface area contributed by atoms with Gasteiger partial charge >= 0.3 is 0 Å². The standard InChI is InChI=1S/C18H21N5O2/c1-25-16-10-15(20-12-21-16)23-8-4-18(5-9-23)11-14(17(24)22-18)13-2-6-19-7-3-13/h2-3,6-7,10,12,14H,4-5,8-9,11H2,1H3,(H,22,24). The van der Waals surface area contributed by atoms with Crippen LogP contribution < -0.4 is 15.0 Å². The molecule has 2 aromatic rings. The minimum Gasteiger partial charge on any atom is -0.481 e. The first-order valence-corrected chi connectivity index (χ1v) is 8.52. The molecule has 2 aliphatic heterocycles. The van der Waals surface area contributed by atoms with Crippen molar-refractivity contribution < 1.29 is 9.53 Å². The fourth-order valence-electron chi connectivity index (χ4n) is 3.86. The number of piperidine rings is 1. The summed E-state index contributed by atoms with van der Waals surface area (Å²) in [4.78, 5) is 27.2. The number of hydrogen-bond acceptors (Lipinski definition) is 6. The lowest BCUT2D eigenvalue weighted by atomic mass is 9.82. The number of hydrogen-bond donors (Lipinski definition) is 1. The van der Waals surface area contributed by atoms with Gasteiger partial charge in [-0.05, 0) is 37.0 Å². The van der Waals surface area contributed by atoms with Gasteiger partial charge in [0.05, 0.1) is 13.0 Å². The van der Waals surface area contributed by atoms with E-state index in [1.54, 1.807) is 19.5 Å². The van der Waals surface area contributed by atoms with Gasteiger partial charge < -0.3 is 15.0 Å². The molecule has 1 spiro atoms. The number of methoxy groups -OCH3 is 1. The highest BCUT2D eigenvalue weighted by Gasteiger charge is 2.46. The Morgan fingerprint density at radius 2 is 2.00 bits per heavy atom. The van der Waals surface area contributed by atoms with E-state index in [0.717, 1.165) is 43.7 Å². The highest BCUT2D eigenvalue weighted by atomic mass is 16.5. The number of ether oxygens (including phenoxy) is 1. The Morgan fingerprint density at radius 1 is 1.24 bits per heavy atom. The van der Waals surface area contributed by atoms with Gasteiger partial charge in [-0.25, -0.2) is 9.97 Å². The van der Waals surface area contributed by atoms with Gasteiger partial charge in [0.2, 0.25) is 11.8 Å². The van der Waals surface area contributed by atoms with Gasteiger partial charge in [0.15, 0.2) is 0 Å². The number of nitrogens with zero attached hydrogens (tertiary/aromatic N) is 4. The van der Waals surface area contributed by atoms with E-state index < -0.39 is 0 Å². The number of rotatable bonds is 3. The Kier molecular flexibility index (Phi) is 3.99. The molecule has 4 heterocycles. The van der Waals surface area contributed by atoms with Crippen molar-refractivity contribution in [2.75, 3.05) is 25.1 Å². The zero-order chi connectivity index (χ0) is 17.3. The third-order valence-electron chi connectivity index (χ3n) is 5.29. The molecule has 2 fully saturated rings. The maximum Gasteiger partial charge on any atom is 0.228 e. The van der Waals surface area contributed by atoms with E-state index in [-0.39, 0.29) is 17.4 Å². The number of carbonyl (C=O) groups excluding carboxylic acids is 1. The molecule has 0 aromatic carbocycles. The highest BCUT2D eigenvalue weighted by Crippen LogP contribution is 2.39. The molecular weight excluding hydrogens is 318 g/mol. The van der Waals surface area contributed by atoms with Gasteiger partial charge in [-0.2, -0.15) is 0 Å². The second-order valence-electron chi connectivity index (χ2n) is 6.71. The summed E-state index contributed by atoms with van der Waals surface area (Å²) in [5, 5.41) is 3.27. The summed E-state index contributed by atoms with van der Waals surface area (Å²) < 4.78 is 5.18. The van der Waals surface area contributed by atoms with Gasteiger partial charge in [-0.1, -0.05) is 0 Å².